The van der Waals surface area contributed by atoms with E-state index in [9.17, 15) is 9.00 Å². The van der Waals surface area contributed by atoms with E-state index < -0.39 is 22.0 Å². The number of aliphatic carboxylic acids is 1. The molecule has 1 heterocycles. The van der Waals surface area contributed by atoms with Gasteiger partial charge in [-0.25, -0.2) is 9.67 Å². The lowest BCUT2D eigenvalue weighted by Crippen LogP contribution is -2.32. The standard InChI is InChI=1S/C11H19N3O3S/c1-7(2)10(11(15)16)18(17)5-9-12-6-13-14(9)8(3)4/h6-8,10H,5H2,1-4H3,(H,15,16). The molecule has 0 spiro atoms. The van der Waals surface area contributed by atoms with E-state index in [-0.39, 0.29) is 17.7 Å². The van der Waals surface area contributed by atoms with Gasteiger partial charge in [0.15, 0.2) is 0 Å². The van der Waals surface area contributed by atoms with Gasteiger partial charge in [0.1, 0.15) is 17.4 Å². The number of carboxylic acids is 1. The maximum absolute atomic E-state index is 12.1. The molecular formula is C11H19N3O3S. The normalized spacial score (nSPS) is 15.0. The molecule has 0 saturated carbocycles. The quantitative estimate of drug-likeness (QED) is 0.842. The molecule has 1 rings (SSSR count). The van der Waals surface area contributed by atoms with Crippen molar-refractivity contribution in [2.24, 2.45) is 5.92 Å². The van der Waals surface area contributed by atoms with Crippen LogP contribution in [0, 0.1) is 5.92 Å². The van der Waals surface area contributed by atoms with Crippen LogP contribution in [0.15, 0.2) is 6.33 Å². The van der Waals surface area contributed by atoms with Crippen molar-refractivity contribution in [3.63, 3.8) is 0 Å². The van der Waals surface area contributed by atoms with Gasteiger partial charge in [0.25, 0.3) is 0 Å². The van der Waals surface area contributed by atoms with Gasteiger partial charge in [-0.3, -0.25) is 9.00 Å². The Hall–Kier alpha value is -1.24. The van der Waals surface area contributed by atoms with Gasteiger partial charge in [-0.15, -0.1) is 0 Å². The first-order valence-electron chi connectivity index (χ1n) is 5.83. The van der Waals surface area contributed by atoms with E-state index in [4.69, 9.17) is 5.11 Å². The molecule has 0 aliphatic heterocycles. The fourth-order valence-corrected chi connectivity index (χ4v) is 3.20. The summed E-state index contributed by atoms with van der Waals surface area (Å²) >= 11 is 0. The number of carboxylic acid groups (broad SMARTS) is 1. The van der Waals surface area contributed by atoms with E-state index in [2.05, 4.69) is 10.1 Å². The predicted molar refractivity (Wildman–Crippen MR) is 68.5 cm³/mol. The minimum atomic E-state index is -1.50. The Kier molecular flexibility index (Phi) is 5.01. The molecule has 0 saturated heterocycles. The van der Waals surface area contributed by atoms with Crippen molar-refractivity contribution in [3.8, 4) is 0 Å². The molecule has 1 N–H and O–H groups in total. The molecule has 0 bridgehead atoms. The minimum absolute atomic E-state index is 0.113. The zero-order valence-corrected chi connectivity index (χ0v) is 11.8. The zero-order valence-electron chi connectivity index (χ0n) is 11.0. The third-order valence-electron chi connectivity index (χ3n) is 2.54. The third-order valence-corrected chi connectivity index (χ3v) is 4.40. The van der Waals surface area contributed by atoms with Gasteiger partial charge in [-0.1, -0.05) is 13.8 Å². The highest BCUT2D eigenvalue weighted by atomic mass is 32.2. The Morgan fingerprint density at radius 3 is 2.50 bits per heavy atom. The van der Waals surface area contributed by atoms with E-state index in [1.54, 1.807) is 18.5 Å². The van der Waals surface area contributed by atoms with E-state index in [0.29, 0.717) is 5.82 Å². The zero-order chi connectivity index (χ0) is 13.9. The lowest BCUT2D eigenvalue weighted by molar-refractivity contribution is -0.137. The van der Waals surface area contributed by atoms with Crippen LogP contribution in [0.4, 0.5) is 0 Å². The van der Waals surface area contributed by atoms with Gasteiger partial charge in [-0.05, 0) is 19.8 Å². The Bertz CT molecular complexity index is 442. The Balaban J connectivity index is 2.86. The van der Waals surface area contributed by atoms with Crippen LogP contribution in [0.2, 0.25) is 0 Å². The molecule has 0 radical (unpaired) electrons. The van der Waals surface area contributed by atoms with E-state index in [1.807, 2.05) is 13.8 Å². The van der Waals surface area contributed by atoms with Crippen LogP contribution < -0.4 is 0 Å². The molecule has 0 amide bonds. The summed E-state index contributed by atoms with van der Waals surface area (Å²) in [5.74, 6) is -0.527. The molecule has 0 aromatic carbocycles. The molecule has 102 valence electrons. The van der Waals surface area contributed by atoms with Crippen molar-refractivity contribution in [2.45, 2.75) is 44.7 Å². The van der Waals surface area contributed by atoms with Crippen molar-refractivity contribution in [1.82, 2.24) is 14.8 Å². The average molecular weight is 273 g/mol. The van der Waals surface area contributed by atoms with Gasteiger partial charge in [-0.2, -0.15) is 5.10 Å². The predicted octanol–water partition coefficient (Wildman–Crippen LogP) is 1.22. The number of rotatable bonds is 6. The van der Waals surface area contributed by atoms with Gasteiger partial charge in [0, 0.05) is 16.8 Å². The van der Waals surface area contributed by atoms with Crippen molar-refractivity contribution in [1.29, 1.82) is 0 Å². The third kappa shape index (κ3) is 3.38. The summed E-state index contributed by atoms with van der Waals surface area (Å²) in [7, 11) is -1.50. The van der Waals surface area contributed by atoms with Crippen LogP contribution in [0.5, 0.6) is 0 Å². The largest absolute Gasteiger partial charge is 0.480 e. The first kappa shape index (κ1) is 14.8. The van der Waals surface area contributed by atoms with Gasteiger partial charge in [0.05, 0.1) is 5.75 Å². The van der Waals surface area contributed by atoms with Crippen molar-refractivity contribution >= 4 is 16.8 Å². The van der Waals surface area contributed by atoms with Gasteiger partial charge < -0.3 is 5.11 Å². The lowest BCUT2D eigenvalue weighted by atomic mass is 10.1. The Morgan fingerprint density at radius 1 is 1.44 bits per heavy atom. The van der Waals surface area contributed by atoms with Crippen LogP contribution in [0.1, 0.15) is 39.6 Å². The SMILES string of the molecule is CC(C)C(C(=O)O)S(=O)Cc1ncnn1C(C)C. The molecule has 0 aliphatic rings. The summed E-state index contributed by atoms with van der Waals surface area (Å²) in [6.07, 6.45) is 1.40. The molecule has 6 nitrogen and oxygen atoms in total. The molecule has 0 fully saturated rings. The number of aromatic nitrogens is 3. The monoisotopic (exact) mass is 273 g/mol. The second-order valence-electron chi connectivity index (χ2n) is 4.74. The van der Waals surface area contributed by atoms with Crippen LogP contribution in [0.3, 0.4) is 0 Å². The smallest absolute Gasteiger partial charge is 0.319 e. The summed E-state index contributed by atoms with van der Waals surface area (Å²) in [5.41, 5.74) is 0. The highest BCUT2D eigenvalue weighted by Crippen LogP contribution is 2.15. The molecule has 7 heteroatoms. The number of nitrogens with zero attached hydrogens (tertiary/aromatic N) is 3. The van der Waals surface area contributed by atoms with Crippen LogP contribution >= 0.6 is 0 Å². The fraction of sp³-hybridized carbons (Fsp3) is 0.727. The number of carbonyl (C=O) groups is 1. The molecule has 0 aliphatic carbocycles. The highest BCUT2D eigenvalue weighted by molar-refractivity contribution is 7.85. The topological polar surface area (TPSA) is 85.1 Å². The number of hydrogen-bond donors (Lipinski definition) is 1. The van der Waals surface area contributed by atoms with Crippen molar-refractivity contribution in [2.75, 3.05) is 0 Å². The second-order valence-corrected chi connectivity index (χ2v) is 6.30. The lowest BCUT2D eigenvalue weighted by Gasteiger charge is -2.16. The first-order valence-corrected chi connectivity index (χ1v) is 7.21. The number of hydrogen-bond acceptors (Lipinski definition) is 4. The summed E-state index contributed by atoms with van der Waals surface area (Å²) in [5, 5.41) is 12.3. The van der Waals surface area contributed by atoms with Crippen LogP contribution in [-0.2, 0) is 21.3 Å². The summed E-state index contributed by atoms with van der Waals surface area (Å²) in [4.78, 5) is 15.1. The summed E-state index contributed by atoms with van der Waals surface area (Å²) < 4.78 is 13.8. The van der Waals surface area contributed by atoms with Crippen molar-refractivity contribution in [3.05, 3.63) is 12.2 Å². The van der Waals surface area contributed by atoms with E-state index in [1.165, 1.54) is 6.33 Å². The first-order chi connectivity index (χ1) is 8.34. The fourth-order valence-electron chi connectivity index (χ4n) is 1.73. The van der Waals surface area contributed by atoms with E-state index >= 15 is 0 Å². The summed E-state index contributed by atoms with van der Waals surface area (Å²) in [6, 6.07) is 0.113. The Morgan fingerprint density at radius 2 is 2.06 bits per heavy atom. The molecule has 1 aromatic rings. The summed E-state index contributed by atoms with van der Waals surface area (Å²) in [6.45, 7) is 7.39. The minimum Gasteiger partial charge on any atom is -0.480 e. The molecule has 2 atom stereocenters. The van der Waals surface area contributed by atoms with Gasteiger partial charge >= 0.3 is 5.97 Å². The molecular weight excluding hydrogens is 254 g/mol. The van der Waals surface area contributed by atoms with Crippen LogP contribution in [-0.4, -0.2) is 35.3 Å². The van der Waals surface area contributed by atoms with E-state index in [0.717, 1.165) is 0 Å². The highest BCUT2D eigenvalue weighted by Gasteiger charge is 2.29. The molecule has 2 unspecified atom stereocenters. The van der Waals surface area contributed by atoms with Gasteiger partial charge in [0.2, 0.25) is 0 Å². The maximum Gasteiger partial charge on any atom is 0.319 e. The van der Waals surface area contributed by atoms with Crippen molar-refractivity contribution < 1.29 is 14.1 Å². The second kappa shape index (κ2) is 6.08. The maximum atomic E-state index is 12.1. The Labute approximate surface area is 109 Å². The van der Waals surface area contributed by atoms with Crippen LogP contribution in [0.25, 0.3) is 0 Å². The molecule has 18 heavy (non-hydrogen) atoms. The molecule has 1 aromatic heterocycles. The average Bonchev–Trinajstić information content (AvgIpc) is 2.63.